The first kappa shape index (κ1) is 18.4. The molecule has 1 amide bonds. The number of nitrogens with one attached hydrogen (secondary N) is 2. The summed E-state index contributed by atoms with van der Waals surface area (Å²) in [7, 11) is 0. The molecule has 130 valence electrons. The van der Waals surface area contributed by atoms with E-state index < -0.39 is 6.10 Å². The zero-order chi connectivity index (χ0) is 17.5. The third kappa shape index (κ3) is 5.59. The van der Waals surface area contributed by atoms with Gasteiger partial charge in [-0.15, -0.1) is 11.3 Å². The van der Waals surface area contributed by atoms with Crippen LogP contribution in [0, 0.1) is 0 Å². The van der Waals surface area contributed by atoms with Gasteiger partial charge in [0.05, 0.1) is 19.1 Å². The zero-order valence-electron chi connectivity index (χ0n) is 13.8. The Labute approximate surface area is 145 Å². The summed E-state index contributed by atoms with van der Waals surface area (Å²) in [5, 5.41) is 24.5. The Morgan fingerprint density at radius 1 is 1.29 bits per heavy atom. The van der Waals surface area contributed by atoms with Crippen LogP contribution >= 0.6 is 11.3 Å². The van der Waals surface area contributed by atoms with Gasteiger partial charge in [0.1, 0.15) is 0 Å². The Kier molecular flexibility index (Phi) is 6.72. The van der Waals surface area contributed by atoms with E-state index in [1.54, 1.807) is 6.20 Å². The number of amides is 1. The molecule has 0 fully saturated rings. The van der Waals surface area contributed by atoms with E-state index >= 15 is 0 Å². The highest BCUT2D eigenvalue weighted by atomic mass is 32.1. The average Bonchev–Trinajstić information content (AvgIpc) is 3.02. The Bertz CT molecular complexity index is 655. The summed E-state index contributed by atoms with van der Waals surface area (Å²) in [6.45, 7) is 4.18. The van der Waals surface area contributed by atoms with Crippen molar-refractivity contribution >= 4 is 28.1 Å². The van der Waals surface area contributed by atoms with E-state index in [-0.39, 0.29) is 25.5 Å². The number of aliphatic hydroxyl groups is 2. The predicted molar refractivity (Wildman–Crippen MR) is 96.6 cm³/mol. The van der Waals surface area contributed by atoms with Gasteiger partial charge in [0.15, 0.2) is 5.13 Å². The maximum Gasteiger partial charge on any atom is 0.230 e. The van der Waals surface area contributed by atoms with Gasteiger partial charge in [0.2, 0.25) is 5.91 Å². The number of aliphatic hydroxyl groups excluding tert-OH is 2. The minimum absolute atomic E-state index is 0.101. The lowest BCUT2D eigenvalue weighted by atomic mass is 10.1. The van der Waals surface area contributed by atoms with Crippen molar-refractivity contribution < 1.29 is 15.0 Å². The van der Waals surface area contributed by atoms with Crippen molar-refractivity contribution in [3.63, 3.8) is 0 Å². The average molecular weight is 349 g/mol. The number of aromatic nitrogens is 1. The number of thiazole rings is 1. The minimum atomic E-state index is -0.788. The third-order valence-electron chi connectivity index (χ3n) is 3.41. The third-order valence-corrected chi connectivity index (χ3v) is 4.62. The van der Waals surface area contributed by atoms with Crippen LogP contribution in [0.25, 0.3) is 0 Å². The fourth-order valence-electron chi connectivity index (χ4n) is 2.00. The molecule has 1 atom stereocenters. The van der Waals surface area contributed by atoms with Gasteiger partial charge < -0.3 is 20.8 Å². The fourth-order valence-corrected chi connectivity index (χ4v) is 2.84. The van der Waals surface area contributed by atoms with Crippen LogP contribution in [0.3, 0.4) is 0 Å². The second-order valence-corrected chi connectivity index (χ2v) is 6.92. The smallest absolute Gasteiger partial charge is 0.230 e. The van der Waals surface area contributed by atoms with E-state index in [2.05, 4.69) is 29.5 Å². The van der Waals surface area contributed by atoms with Crippen LogP contribution in [0.1, 0.15) is 30.2 Å². The van der Waals surface area contributed by atoms with E-state index in [1.165, 1.54) is 11.3 Å². The predicted octanol–water partition coefficient (Wildman–Crippen LogP) is 2.21. The van der Waals surface area contributed by atoms with Crippen molar-refractivity contribution in [3.05, 3.63) is 40.9 Å². The van der Waals surface area contributed by atoms with Crippen LogP contribution in [-0.2, 0) is 11.2 Å². The lowest BCUT2D eigenvalue weighted by Gasteiger charge is -2.10. The summed E-state index contributed by atoms with van der Waals surface area (Å²) in [6, 6.07) is 7.39. The first-order valence-corrected chi connectivity index (χ1v) is 8.67. The summed E-state index contributed by atoms with van der Waals surface area (Å²) in [6.07, 6.45) is 1.28. The van der Waals surface area contributed by atoms with Crippen LogP contribution in [0.2, 0.25) is 0 Å². The first-order chi connectivity index (χ1) is 11.5. The maximum atomic E-state index is 12.1. The fraction of sp³-hybridized carbons (Fsp3) is 0.412. The zero-order valence-corrected chi connectivity index (χ0v) is 14.6. The molecule has 2 aromatic rings. The van der Waals surface area contributed by atoms with Gasteiger partial charge in [0, 0.05) is 23.3 Å². The lowest BCUT2D eigenvalue weighted by molar-refractivity contribution is -0.115. The van der Waals surface area contributed by atoms with Crippen LogP contribution in [0.4, 0.5) is 10.8 Å². The highest BCUT2D eigenvalue weighted by molar-refractivity contribution is 7.15. The molecule has 0 radical (unpaired) electrons. The number of nitrogens with zero attached hydrogens (tertiary/aromatic N) is 1. The molecule has 0 aliphatic heterocycles. The molecule has 1 aromatic carbocycles. The van der Waals surface area contributed by atoms with Crippen molar-refractivity contribution in [3.8, 4) is 0 Å². The van der Waals surface area contributed by atoms with Gasteiger partial charge in [-0.1, -0.05) is 26.0 Å². The highest BCUT2D eigenvalue weighted by Crippen LogP contribution is 2.25. The number of benzene rings is 1. The molecule has 0 saturated carbocycles. The number of carbonyl (C=O) groups excluding carboxylic acids is 1. The molecule has 0 bridgehead atoms. The summed E-state index contributed by atoms with van der Waals surface area (Å²) >= 11 is 1.50. The van der Waals surface area contributed by atoms with E-state index in [4.69, 9.17) is 5.11 Å². The molecule has 0 saturated heterocycles. The SMILES string of the molecule is CC(C)c1cnc(NC(=O)Cc2ccc(NCC(O)CO)cc2)s1. The number of anilines is 2. The number of rotatable bonds is 8. The Hall–Kier alpha value is -1.96. The molecule has 2 rings (SSSR count). The van der Waals surface area contributed by atoms with E-state index in [0.29, 0.717) is 11.0 Å². The lowest BCUT2D eigenvalue weighted by Crippen LogP contribution is -2.22. The van der Waals surface area contributed by atoms with Gasteiger partial charge in [-0.3, -0.25) is 4.79 Å². The Morgan fingerprint density at radius 3 is 2.58 bits per heavy atom. The monoisotopic (exact) mass is 349 g/mol. The van der Waals surface area contributed by atoms with Gasteiger partial charge in [0.25, 0.3) is 0 Å². The normalized spacial score (nSPS) is 12.2. The van der Waals surface area contributed by atoms with Gasteiger partial charge >= 0.3 is 0 Å². The molecule has 0 aliphatic carbocycles. The van der Waals surface area contributed by atoms with Crippen molar-refractivity contribution in [1.29, 1.82) is 0 Å². The topological polar surface area (TPSA) is 94.5 Å². The molecule has 6 nitrogen and oxygen atoms in total. The first-order valence-electron chi connectivity index (χ1n) is 7.85. The maximum absolute atomic E-state index is 12.1. The van der Waals surface area contributed by atoms with Gasteiger partial charge in [-0.05, 0) is 23.6 Å². The van der Waals surface area contributed by atoms with Crippen molar-refractivity contribution in [2.24, 2.45) is 0 Å². The van der Waals surface area contributed by atoms with E-state index in [1.807, 2.05) is 24.3 Å². The summed E-state index contributed by atoms with van der Waals surface area (Å²) in [4.78, 5) is 17.4. The molecule has 1 aromatic heterocycles. The van der Waals surface area contributed by atoms with Crippen molar-refractivity contribution in [2.45, 2.75) is 32.3 Å². The molecule has 0 aliphatic rings. The van der Waals surface area contributed by atoms with Crippen molar-refractivity contribution in [2.75, 3.05) is 23.8 Å². The molecule has 7 heteroatoms. The molecule has 1 heterocycles. The van der Waals surface area contributed by atoms with Gasteiger partial charge in [-0.2, -0.15) is 0 Å². The summed E-state index contributed by atoms with van der Waals surface area (Å²) < 4.78 is 0. The molecular formula is C17H23N3O3S. The summed E-state index contributed by atoms with van der Waals surface area (Å²) in [5.74, 6) is 0.300. The molecule has 4 N–H and O–H groups in total. The standard InChI is InChI=1S/C17H23N3O3S/c1-11(2)15-9-19-17(24-15)20-16(23)7-12-3-5-13(6-4-12)18-8-14(22)10-21/h3-6,9,11,14,18,21-22H,7-8,10H2,1-2H3,(H,19,20,23). The number of carbonyl (C=O) groups is 1. The van der Waals surface area contributed by atoms with E-state index in [9.17, 15) is 9.90 Å². The molecule has 1 unspecified atom stereocenters. The number of hydrogen-bond acceptors (Lipinski definition) is 6. The molecule has 24 heavy (non-hydrogen) atoms. The van der Waals surface area contributed by atoms with Crippen LogP contribution < -0.4 is 10.6 Å². The van der Waals surface area contributed by atoms with Crippen LogP contribution in [0.15, 0.2) is 30.5 Å². The summed E-state index contributed by atoms with van der Waals surface area (Å²) in [5.41, 5.74) is 1.72. The largest absolute Gasteiger partial charge is 0.394 e. The second kappa shape index (κ2) is 8.77. The highest BCUT2D eigenvalue weighted by Gasteiger charge is 2.09. The number of hydrogen-bond donors (Lipinski definition) is 4. The quantitative estimate of drug-likeness (QED) is 0.586. The van der Waals surface area contributed by atoms with Gasteiger partial charge in [-0.25, -0.2) is 4.98 Å². The minimum Gasteiger partial charge on any atom is -0.394 e. The Balaban J connectivity index is 1.85. The molecular weight excluding hydrogens is 326 g/mol. The molecule has 0 spiro atoms. The van der Waals surface area contributed by atoms with E-state index in [0.717, 1.165) is 16.1 Å². The van der Waals surface area contributed by atoms with Crippen LogP contribution in [-0.4, -0.2) is 40.4 Å². The second-order valence-electron chi connectivity index (χ2n) is 5.86. The van der Waals surface area contributed by atoms with Crippen LogP contribution in [0.5, 0.6) is 0 Å². The Morgan fingerprint density at radius 2 is 2.00 bits per heavy atom. The van der Waals surface area contributed by atoms with Crippen molar-refractivity contribution in [1.82, 2.24) is 4.98 Å².